The summed E-state index contributed by atoms with van der Waals surface area (Å²) < 4.78 is 38.4. The molecule has 0 fully saturated rings. The van der Waals surface area contributed by atoms with Crippen molar-refractivity contribution in [1.82, 2.24) is 4.98 Å². The van der Waals surface area contributed by atoms with Gasteiger partial charge in [-0.15, -0.1) is 0 Å². The van der Waals surface area contributed by atoms with Crippen LogP contribution in [0.15, 0.2) is 54.1 Å². The van der Waals surface area contributed by atoms with Gasteiger partial charge in [-0.2, -0.15) is 18.4 Å². The summed E-state index contributed by atoms with van der Waals surface area (Å²) in [5.74, 6) is -0.776. The molecule has 3 rings (SSSR count). The molecule has 0 bridgehead atoms. The first-order valence-corrected chi connectivity index (χ1v) is 7.97. The number of hydrogen-bond acceptors (Lipinski definition) is 2. The van der Waals surface area contributed by atoms with Crippen LogP contribution in [-0.2, 0) is 11.0 Å². The lowest BCUT2D eigenvalue weighted by molar-refractivity contribution is -0.137. The molecule has 1 aromatic heterocycles. The van der Waals surface area contributed by atoms with Gasteiger partial charge in [0.05, 0.1) is 5.56 Å². The van der Waals surface area contributed by atoms with Crippen LogP contribution in [-0.4, -0.2) is 10.9 Å². The molecule has 27 heavy (non-hydrogen) atoms. The minimum Gasteiger partial charge on any atom is -0.358 e. The van der Waals surface area contributed by atoms with Crippen LogP contribution in [0.4, 0.5) is 18.9 Å². The van der Waals surface area contributed by atoms with Crippen LogP contribution in [0, 0.1) is 18.3 Å². The fraction of sp³-hybridized carbons (Fsp3) is 0.100. The van der Waals surface area contributed by atoms with E-state index in [9.17, 15) is 23.2 Å². The number of anilines is 1. The number of fused-ring (bicyclic) bond motifs is 1. The van der Waals surface area contributed by atoms with Gasteiger partial charge in [0.25, 0.3) is 5.91 Å². The number of H-pyrrole nitrogens is 1. The fourth-order valence-electron chi connectivity index (χ4n) is 2.75. The zero-order chi connectivity index (χ0) is 19.6. The highest BCUT2D eigenvalue weighted by molar-refractivity contribution is 6.11. The van der Waals surface area contributed by atoms with E-state index in [2.05, 4.69) is 10.3 Å². The van der Waals surface area contributed by atoms with E-state index >= 15 is 0 Å². The van der Waals surface area contributed by atoms with Crippen molar-refractivity contribution in [1.29, 1.82) is 5.26 Å². The van der Waals surface area contributed by atoms with Crippen molar-refractivity contribution in [3.8, 4) is 6.07 Å². The normalized spacial score (nSPS) is 12.0. The number of aromatic nitrogens is 1. The van der Waals surface area contributed by atoms with Gasteiger partial charge < -0.3 is 10.3 Å². The molecule has 0 atom stereocenters. The zero-order valence-corrected chi connectivity index (χ0v) is 14.2. The number of halogens is 3. The van der Waals surface area contributed by atoms with Crippen LogP contribution in [0.3, 0.4) is 0 Å². The van der Waals surface area contributed by atoms with Gasteiger partial charge >= 0.3 is 6.18 Å². The minimum atomic E-state index is -4.52. The highest BCUT2D eigenvalue weighted by Gasteiger charge is 2.30. The van der Waals surface area contributed by atoms with Crippen LogP contribution in [0.2, 0.25) is 0 Å². The number of alkyl halides is 3. The Morgan fingerprint density at radius 2 is 1.93 bits per heavy atom. The second-order valence-corrected chi connectivity index (χ2v) is 5.91. The van der Waals surface area contributed by atoms with Crippen molar-refractivity contribution in [2.75, 3.05) is 5.32 Å². The molecular formula is C20H14F3N3O. The summed E-state index contributed by atoms with van der Waals surface area (Å²) in [7, 11) is 0. The van der Waals surface area contributed by atoms with Crippen LogP contribution >= 0.6 is 0 Å². The van der Waals surface area contributed by atoms with Crippen molar-refractivity contribution in [2.45, 2.75) is 13.1 Å². The predicted molar refractivity (Wildman–Crippen MR) is 96.7 cm³/mol. The van der Waals surface area contributed by atoms with E-state index in [1.165, 1.54) is 18.2 Å². The maximum atomic E-state index is 12.8. The molecule has 0 radical (unpaired) electrons. The standard InChI is InChI=1S/C20H14F3N3O/c1-12-17(16-7-2-3-8-18(16)25-12)9-13(11-24)19(27)26-15-6-4-5-14(10-15)20(21,22)23/h2-10,25H,1H3,(H,26,27). The van der Waals surface area contributed by atoms with Gasteiger partial charge in [0.2, 0.25) is 0 Å². The largest absolute Gasteiger partial charge is 0.416 e. The van der Waals surface area contributed by atoms with Gasteiger partial charge in [0, 0.05) is 27.8 Å². The van der Waals surface area contributed by atoms with Gasteiger partial charge in [0.1, 0.15) is 11.6 Å². The van der Waals surface area contributed by atoms with Crippen molar-refractivity contribution < 1.29 is 18.0 Å². The number of nitrogens with zero attached hydrogens (tertiary/aromatic N) is 1. The van der Waals surface area contributed by atoms with Gasteiger partial charge in [0.15, 0.2) is 0 Å². The summed E-state index contributed by atoms with van der Waals surface area (Å²) in [6, 6.07) is 13.5. The van der Waals surface area contributed by atoms with Crippen molar-refractivity contribution >= 4 is 28.6 Å². The Balaban J connectivity index is 1.92. The van der Waals surface area contributed by atoms with Gasteiger partial charge in [-0.1, -0.05) is 24.3 Å². The lowest BCUT2D eigenvalue weighted by atomic mass is 10.1. The second kappa shape index (κ2) is 7.00. The van der Waals surface area contributed by atoms with Crippen LogP contribution in [0.25, 0.3) is 17.0 Å². The number of nitrogens with one attached hydrogen (secondary N) is 2. The number of aryl methyl sites for hydroxylation is 1. The summed E-state index contributed by atoms with van der Waals surface area (Å²) in [5, 5.41) is 12.5. The number of carbonyl (C=O) groups is 1. The molecule has 3 aromatic rings. The van der Waals surface area contributed by atoms with E-state index in [0.717, 1.165) is 28.7 Å². The molecule has 0 aliphatic heterocycles. The van der Waals surface area contributed by atoms with Crippen molar-refractivity contribution in [3.05, 3.63) is 70.9 Å². The van der Waals surface area contributed by atoms with Gasteiger partial charge in [-0.25, -0.2) is 0 Å². The van der Waals surface area contributed by atoms with E-state index < -0.39 is 17.6 Å². The molecule has 0 spiro atoms. The molecule has 1 heterocycles. The third-order valence-corrected chi connectivity index (χ3v) is 4.04. The average molecular weight is 369 g/mol. The van der Waals surface area contributed by atoms with Gasteiger partial charge in [-0.3, -0.25) is 4.79 Å². The molecule has 0 saturated carbocycles. The summed E-state index contributed by atoms with van der Waals surface area (Å²) >= 11 is 0. The molecule has 136 valence electrons. The topological polar surface area (TPSA) is 68.7 Å². The number of hydrogen-bond donors (Lipinski definition) is 2. The first kappa shape index (κ1) is 18.3. The molecule has 2 N–H and O–H groups in total. The second-order valence-electron chi connectivity index (χ2n) is 5.91. The van der Waals surface area contributed by atoms with E-state index in [-0.39, 0.29) is 11.3 Å². The molecule has 0 aliphatic carbocycles. The first-order valence-electron chi connectivity index (χ1n) is 7.97. The minimum absolute atomic E-state index is 0.0355. The van der Waals surface area contributed by atoms with Crippen molar-refractivity contribution in [3.63, 3.8) is 0 Å². The number of benzene rings is 2. The summed E-state index contributed by atoms with van der Waals surface area (Å²) in [6.07, 6.45) is -3.09. The lowest BCUT2D eigenvalue weighted by Crippen LogP contribution is -2.14. The predicted octanol–water partition coefficient (Wildman–Crippen LogP) is 5.04. The van der Waals surface area contributed by atoms with E-state index in [4.69, 9.17) is 0 Å². The molecule has 0 aliphatic rings. The molecular weight excluding hydrogens is 355 g/mol. The molecule has 2 aromatic carbocycles. The highest BCUT2D eigenvalue weighted by Crippen LogP contribution is 2.31. The quantitative estimate of drug-likeness (QED) is 0.502. The first-order chi connectivity index (χ1) is 12.8. The van der Waals surface area contributed by atoms with Crippen LogP contribution < -0.4 is 5.32 Å². The number of rotatable bonds is 3. The average Bonchev–Trinajstić information content (AvgIpc) is 2.94. The smallest absolute Gasteiger partial charge is 0.358 e. The monoisotopic (exact) mass is 369 g/mol. The Morgan fingerprint density at radius 3 is 2.63 bits per heavy atom. The maximum absolute atomic E-state index is 12.8. The SMILES string of the molecule is Cc1[nH]c2ccccc2c1C=C(C#N)C(=O)Nc1cccc(C(F)(F)F)c1. The highest BCUT2D eigenvalue weighted by atomic mass is 19.4. The molecule has 1 amide bonds. The Bertz CT molecular complexity index is 1090. The molecule has 0 saturated heterocycles. The zero-order valence-electron chi connectivity index (χ0n) is 14.2. The molecule has 7 heteroatoms. The van der Waals surface area contributed by atoms with E-state index in [0.29, 0.717) is 5.56 Å². The number of carbonyl (C=O) groups excluding carboxylic acids is 1. The number of aromatic amines is 1. The van der Waals surface area contributed by atoms with E-state index in [1.807, 2.05) is 37.3 Å². The van der Waals surface area contributed by atoms with Crippen molar-refractivity contribution in [2.24, 2.45) is 0 Å². The Hall–Kier alpha value is -3.53. The summed E-state index contributed by atoms with van der Waals surface area (Å²) in [6.45, 7) is 1.81. The van der Waals surface area contributed by atoms with Crippen LogP contribution in [0.5, 0.6) is 0 Å². The Morgan fingerprint density at radius 1 is 1.19 bits per heavy atom. The Kier molecular flexibility index (Phi) is 4.74. The third kappa shape index (κ3) is 3.85. The summed E-state index contributed by atoms with van der Waals surface area (Å²) in [5.41, 5.74) is 1.19. The van der Waals surface area contributed by atoms with Crippen LogP contribution in [0.1, 0.15) is 16.8 Å². The summed E-state index contributed by atoms with van der Waals surface area (Å²) in [4.78, 5) is 15.5. The Labute approximate surface area is 152 Å². The maximum Gasteiger partial charge on any atom is 0.416 e. The van der Waals surface area contributed by atoms with Gasteiger partial charge in [-0.05, 0) is 37.3 Å². The molecule has 4 nitrogen and oxygen atoms in total. The van der Waals surface area contributed by atoms with E-state index in [1.54, 1.807) is 0 Å². The number of nitriles is 1. The third-order valence-electron chi connectivity index (χ3n) is 4.04. The lowest BCUT2D eigenvalue weighted by Gasteiger charge is -2.09. The number of para-hydroxylation sites is 1. The molecule has 0 unspecified atom stereocenters. The number of amides is 1. The fourth-order valence-corrected chi connectivity index (χ4v) is 2.75.